The molecule has 0 unspecified atom stereocenters. The Morgan fingerprint density at radius 1 is 0.596 bits per heavy atom. The smallest absolute Gasteiger partial charge is 0.362 e. The van der Waals surface area contributed by atoms with Gasteiger partial charge in [0.2, 0.25) is 17.5 Å². The molecule has 14 heteroatoms. The van der Waals surface area contributed by atoms with E-state index < -0.39 is 11.9 Å². The second-order valence-corrected chi connectivity index (χ2v) is 9.45. The van der Waals surface area contributed by atoms with Gasteiger partial charge in [0.1, 0.15) is 0 Å². The normalized spacial score (nSPS) is 10.2. The molecule has 3 aromatic carbocycles. The molecule has 6 rings (SSSR count). The van der Waals surface area contributed by atoms with Crippen LogP contribution in [0.3, 0.4) is 0 Å². The first-order valence-electron chi connectivity index (χ1n) is 14.2. The van der Waals surface area contributed by atoms with Crippen LogP contribution >= 0.6 is 11.6 Å². The lowest BCUT2D eigenvalue weighted by atomic mass is 10.3. The fraction of sp³-hybridized carbons (Fsp3) is 0.182. The zero-order valence-corrected chi connectivity index (χ0v) is 26.6. The minimum Gasteiger partial charge on any atom is -0.479 e. The van der Waals surface area contributed by atoms with Gasteiger partial charge >= 0.3 is 11.9 Å². The van der Waals surface area contributed by atoms with Crippen LogP contribution in [0.15, 0.2) is 72.8 Å². The third kappa shape index (κ3) is 8.47. The number of halogens is 1. The van der Waals surface area contributed by atoms with Crippen LogP contribution in [0.1, 0.15) is 45.3 Å². The fourth-order valence-corrected chi connectivity index (χ4v) is 4.20. The predicted octanol–water partition coefficient (Wildman–Crippen LogP) is 5.73. The van der Waals surface area contributed by atoms with Crippen molar-refractivity contribution in [1.29, 1.82) is 0 Å². The Morgan fingerprint density at radius 2 is 0.979 bits per heavy atom. The first-order chi connectivity index (χ1) is 22.8. The maximum Gasteiger partial charge on any atom is 0.362 e. The largest absolute Gasteiger partial charge is 0.479 e. The zero-order chi connectivity index (χ0) is 33.8. The van der Waals surface area contributed by atoms with Crippen molar-refractivity contribution < 1.29 is 33.3 Å². The van der Waals surface area contributed by atoms with Crippen molar-refractivity contribution in [1.82, 2.24) is 29.9 Å². The Kier molecular flexibility index (Phi) is 11.9. The van der Waals surface area contributed by atoms with E-state index in [1.165, 1.54) is 14.2 Å². The number of carbonyl (C=O) groups excluding carboxylic acids is 3. The summed E-state index contributed by atoms with van der Waals surface area (Å²) in [7, 11) is 2.91. The SMILES string of the molecule is CCOC(=O)c1nc2ccccc2nc1Cl.CCOC(=O)c1nc2ccccc2nc1OC.COc1nc2ccccc2nc1C=O. The number of aromatic nitrogens is 6. The number of nitrogens with zero attached hydrogens (tertiary/aromatic N) is 6. The molecule has 0 saturated carbocycles. The molecule has 0 amide bonds. The zero-order valence-electron chi connectivity index (χ0n) is 25.8. The lowest BCUT2D eigenvalue weighted by Crippen LogP contribution is -2.10. The molecular formula is C33H29ClN6O7. The third-order valence-electron chi connectivity index (χ3n) is 6.07. The summed E-state index contributed by atoms with van der Waals surface area (Å²) in [5.41, 5.74) is 4.39. The van der Waals surface area contributed by atoms with Gasteiger partial charge < -0.3 is 18.9 Å². The van der Waals surface area contributed by atoms with E-state index in [9.17, 15) is 14.4 Å². The lowest BCUT2D eigenvalue weighted by Gasteiger charge is -2.07. The van der Waals surface area contributed by atoms with Crippen LogP contribution in [0, 0.1) is 0 Å². The highest BCUT2D eigenvalue weighted by atomic mass is 35.5. The number of hydrogen-bond acceptors (Lipinski definition) is 13. The molecule has 0 aliphatic rings. The van der Waals surface area contributed by atoms with Gasteiger partial charge in [0.05, 0.1) is 60.5 Å². The Balaban J connectivity index is 0.000000160. The summed E-state index contributed by atoms with van der Waals surface area (Å²) in [6, 6.07) is 21.8. The summed E-state index contributed by atoms with van der Waals surface area (Å²) >= 11 is 5.86. The topological polar surface area (TPSA) is 165 Å². The van der Waals surface area contributed by atoms with Crippen LogP contribution in [-0.4, -0.2) is 75.6 Å². The molecule has 47 heavy (non-hydrogen) atoms. The molecule has 13 nitrogen and oxygen atoms in total. The van der Waals surface area contributed by atoms with Crippen LogP contribution in [-0.2, 0) is 9.47 Å². The Bertz CT molecular complexity index is 2040. The Hall–Kier alpha value is -5.82. The van der Waals surface area contributed by atoms with Gasteiger partial charge in [-0.15, -0.1) is 0 Å². The molecule has 0 saturated heterocycles. The third-order valence-corrected chi connectivity index (χ3v) is 6.33. The van der Waals surface area contributed by atoms with E-state index in [0.29, 0.717) is 33.9 Å². The van der Waals surface area contributed by atoms with Crippen LogP contribution in [0.5, 0.6) is 11.8 Å². The number of hydrogen-bond donors (Lipinski definition) is 0. The van der Waals surface area contributed by atoms with Gasteiger partial charge in [-0.05, 0) is 50.2 Å². The Labute approximate surface area is 273 Å². The highest BCUT2D eigenvalue weighted by molar-refractivity contribution is 6.32. The molecule has 0 fully saturated rings. The summed E-state index contributed by atoms with van der Waals surface area (Å²) in [6.45, 7) is 4.03. The number of esters is 2. The quantitative estimate of drug-likeness (QED) is 0.151. The summed E-state index contributed by atoms with van der Waals surface area (Å²) in [5.74, 6) is -0.630. The first-order valence-corrected chi connectivity index (χ1v) is 14.5. The molecule has 0 bridgehead atoms. The minimum atomic E-state index is -0.550. The van der Waals surface area contributed by atoms with Crippen molar-refractivity contribution in [2.24, 2.45) is 0 Å². The number of fused-ring (bicyclic) bond motifs is 3. The van der Waals surface area contributed by atoms with Crippen molar-refractivity contribution >= 4 is 62.9 Å². The molecule has 6 aromatic rings. The Morgan fingerprint density at radius 3 is 1.43 bits per heavy atom. The van der Waals surface area contributed by atoms with E-state index >= 15 is 0 Å². The lowest BCUT2D eigenvalue weighted by molar-refractivity contribution is 0.0507. The summed E-state index contributed by atoms with van der Waals surface area (Å²) < 4.78 is 19.7. The number of ether oxygens (including phenoxy) is 4. The van der Waals surface area contributed by atoms with E-state index in [2.05, 4.69) is 29.9 Å². The van der Waals surface area contributed by atoms with Crippen molar-refractivity contribution in [3.05, 3.63) is 95.0 Å². The molecule has 3 aromatic heterocycles. The molecule has 0 spiro atoms. The van der Waals surface area contributed by atoms with Gasteiger partial charge in [0.15, 0.2) is 22.8 Å². The second kappa shape index (κ2) is 16.5. The predicted molar refractivity (Wildman–Crippen MR) is 174 cm³/mol. The molecule has 240 valence electrons. The molecule has 0 radical (unpaired) electrons. The van der Waals surface area contributed by atoms with E-state index in [0.717, 1.165) is 5.52 Å². The van der Waals surface area contributed by atoms with Gasteiger partial charge in [-0.2, -0.15) is 0 Å². The number of carbonyl (C=O) groups is 3. The van der Waals surface area contributed by atoms with Gasteiger partial charge in [0.25, 0.3) is 0 Å². The molecule has 3 heterocycles. The summed E-state index contributed by atoms with van der Waals surface area (Å²) in [4.78, 5) is 58.7. The van der Waals surface area contributed by atoms with Gasteiger partial charge in [-0.25, -0.2) is 39.5 Å². The average molecular weight is 657 g/mol. The molecule has 0 aliphatic carbocycles. The van der Waals surface area contributed by atoms with Crippen LogP contribution in [0.2, 0.25) is 5.15 Å². The monoisotopic (exact) mass is 656 g/mol. The van der Waals surface area contributed by atoms with E-state index in [4.69, 9.17) is 30.5 Å². The van der Waals surface area contributed by atoms with Crippen molar-refractivity contribution in [2.45, 2.75) is 13.8 Å². The minimum absolute atomic E-state index is 0.0576. The number of rotatable bonds is 7. The molecule has 0 atom stereocenters. The maximum atomic E-state index is 11.7. The fourth-order valence-electron chi connectivity index (χ4n) is 3.99. The van der Waals surface area contributed by atoms with Gasteiger partial charge in [0, 0.05) is 0 Å². The van der Waals surface area contributed by atoms with Crippen LogP contribution in [0.25, 0.3) is 33.1 Å². The average Bonchev–Trinajstić information content (AvgIpc) is 3.10. The van der Waals surface area contributed by atoms with Crippen molar-refractivity contribution in [3.63, 3.8) is 0 Å². The summed E-state index contributed by atoms with van der Waals surface area (Å²) in [6.07, 6.45) is 0.637. The van der Waals surface area contributed by atoms with Crippen LogP contribution in [0.4, 0.5) is 0 Å². The number of para-hydroxylation sites is 6. The van der Waals surface area contributed by atoms with Crippen molar-refractivity contribution in [3.8, 4) is 11.8 Å². The van der Waals surface area contributed by atoms with E-state index in [1.54, 1.807) is 44.2 Å². The number of benzene rings is 3. The second-order valence-electron chi connectivity index (χ2n) is 9.09. The van der Waals surface area contributed by atoms with Crippen molar-refractivity contribution in [2.75, 3.05) is 27.4 Å². The summed E-state index contributed by atoms with van der Waals surface area (Å²) in [5, 5.41) is 0.0668. The van der Waals surface area contributed by atoms with E-state index in [-0.39, 0.29) is 47.2 Å². The standard InChI is InChI=1S/C12H12N2O3.C11H9ClN2O2.C10H8N2O2/c1-3-17-12(15)10-11(16-2)14-9-7-5-4-6-8(9)13-10;1-2-16-11(15)9-10(12)14-8-6-4-3-5-7(8)13-9;1-14-10-9(6-13)11-7-4-2-3-5-8(7)12-10/h4-7H,3H2,1-2H3;3-6H,2H2,1H3;2-6H,1H3. The van der Waals surface area contributed by atoms with Crippen LogP contribution < -0.4 is 9.47 Å². The van der Waals surface area contributed by atoms with E-state index in [1.807, 2.05) is 42.5 Å². The molecular weight excluding hydrogens is 628 g/mol. The highest BCUT2D eigenvalue weighted by Crippen LogP contribution is 2.20. The molecule has 0 N–H and O–H groups in total. The maximum absolute atomic E-state index is 11.7. The number of aldehydes is 1. The first kappa shape index (κ1) is 34.1. The van der Waals surface area contributed by atoms with Gasteiger partial charge in [-0.3, -0.25) is 4.79 Å². The molecule has 0 aliphatic heterocycles. The number of methoxy groups -OCH3 is 2. The highest BCUT2D eigenvalue weighted by Gasteiger charge is 2.18. The van der Waals surface area contributed by atoms with Gasteiger partial charge in [-0.1, -0.05) is 48.0 Å².